The maximum atomic E-state index is 10.6. The lowest BCUT2D eigenvalue weighted by molar-refractivity contribution is -0.138. The van der Waals surface area contributed by atoms with Crippen LogP contribution >= 0.6 is 11.6 Å². The maximum Gasteiger partial charge on any atom is 0.303 e. The monoisotopic (exact) mass is 210 g/mol. The van der Waals surface area contributed by atoms with Gasteiger partial charge in [0.25, 0.3) is 0 Å². The highest BCUT2D eigenvalue weighted by Gasteiger charge is 2.24. The topological polar surface area (TPSA) is 37.3 Å². The molecule has 0 saturated heterocycles. The van der Waals surface area contributed by atoms with Crippen LogP contribution < -0.4 is 0 Å². The van der Waals surface area contributed by atoms with Gasteiger partial charge < -0.3 is 5.11 Å². The van der Waals surface area contributed by atoms with Gasteiger partial charge in [-0.05, 0) is 36.0 Å². The van der Waals surface area contributed by atoms with Crippen molar-refractivity contribution >= 4 is 17.6 Å². The number of carboxylic acids is 1. The highest BCUT2D eigenvalue weighted by atomic mass is 35.5. The fraction of sp³-hybridized carbons (Fsp3) is 0.364. The van der Waals surface area contributed by atoms with Crippen LogP contribution in [0.5, 0.6) is 0 Å². The fourth-order valence-corrected chi connectivity index (χ4v) is 2.36. The van der Waals surface area contributed by atoms with Gasteiger partial charge in [-0.15, -0.1) is 0 Å². The van der Waals surface area contributed by atoms with Crippen LogP contribution in [0.2, 0.25) is 5.02 Å². The van der Waals surface area contributed by atoms with Gasteiger partial charge in [-0.3, -0.25) is 4.79 Å². The van der Waals surface area contributed by atoms with E-state index in [0.717, 1.165) is 23.4 Å². The summed E-state index contributed by atoms with van der Waals surface area (Å²) >= 11 is 6.02. The van der Waals surface area contributed by atoms with E-state index >= 15 is 0 Å². The first-order chi connectivity index (χ1) is 6.66. The van der Waals surface area contributed by atoms with E-state index in [-0.39, 0.29) is 12.3 Å². The van der Waals surface area contributed by atoms with Crippen molar-refractivity contribution in [2.75, 3.05) is 0 Å². The molecule has 1 aromatic rings. The lowest BCUT2D eigenvalue weighted by Crippen LogP contribution is -2.07. The van der Waals surface area contributed by atoms with Gasteiger partial charge in [-0.1, -0.05) is 23.7 Å². The van der Waals surface area contributed by atoms with E-state index in [0.29, 0.717) is 0 Å². The highest BCUT2D eigenvalue weighted by Crippen LogP contribution is 2.33. The molecular weight excluding hydrogens is 200 g/mol. The third-order valence-electron chi connectivity index (χ3n) is 2.68. The number of benzene rings is 1. The van der Waals surface area contributed by atoms with E-state index in [2.05, 4.69) is 0 Å². The molecule has 1 aromatic carbocycles. The van der Waals surface area contributed by atoms with Gasteiger partial charge in [0.15, 0.2) is 0 Å². The van der Waals surface area contributed by atoms with Crippen LogP contribution in [0, 0.1) is 5.92 Å². The van der Waals surface area contributed by atoms with Gasteiger partial charge in [-0.25, -0.2) is 0 Å². The molecule has 74 valence electrons. The van der Waals surface area contributed by atoms with E-state index in [1.54, 1.807) is 0 Å². The molecule has 2 rings (SSSR count). The Hall–Kier alpha value is -1.02. The largest absolute Gasteiger partial charge is 0.481 e. The second-order valence-corrected chi connectivity index (χ2v) is 4.16. The van der Waals surface area contributed by atoms with Crippen LogP contribution in [-0.4, -0.2) is 11.1 Å². The third kappa shape index (κ3) is 1.75. The van der Waals surface area contributed by atoms with E-state index in [1.165, 1.54) is 5.56 Å². The Bertz CT molecular complexity index is 374. The predicted octanol–water partition coefficient (Wildman–Crippen LogP) is 2.53. The van der Waals surface area contributed by atoms with Crippen molar-refractivity contribution in [2.24, 2.45) is 5.92 Å². The van der Waals surface area contributed by atoms with Crippen molar-refractivity contribution in [2.45, 2.75) is 19.3 Å². The molecule has 0 aliphatic heterocycles. The second kappa shape index (κ2) is 3.62. The standard InChI is InChI=1S/C11H11ClO2/c12-10-3-1-2-8-4-7(5-9(8)10)6-11(13)14/h1-3,7H,4-6H2,(H,13,14). The van der Waals surface area contributed by atoms with Crippen molar-refractivity contribution in [1.82, 2.24) is 0 Å². The summed E-state index contributed by atoms with van der Waals surface area (Å²) in [6.07, 6.45) is 1.90. The zero-order valence-corrected chi connectivity index (χ0v) is 8.42. The van der Waals surface area contributed by atoms with Crippen molar-refractivity contribution < 1.29 is 9.90 Å². The molecule has 2 nitrogen and oxygen atoms in total. The fourth-order valence-electron chi connectivity index (χ4n) is 2.09. The second-order valence-electron chi connectivity index (χ2n) is 3.75. The molecule has 1 atom stereocenters. The SMILES string of the molecule is O=C(O)CC1Cc2cccc(Cl)c2C1. The predicted molar refractivity (Wildman–Crippen MR) is 54.6 cm³/mol. The molecule has 0 saturated carbocycles. The molecule has 3 heteroatoms. The van der Waals surface area contributed by atoms with Crippen LogP contribution in [-0.2, 0) is 17.6 Å². The quantitative estimate of drug-likeness (QED) is 0.815. The molecule has 0 amide bonds. The Kier molecular flexibility index (Phi) is 2.46. The van der Waals surface area contributed by atoms with Gasteiger partial charge in [0, 0.05) is 11.4 Å². The molecule has 0 radical (unpaired) electrons. The highest BCUT2D eigenvalue weighted by molar-refractivity contribution is 6.31. The number of rotatable bonds is 2. The lowest BCUT2D eigenvalue weighted by Gasteiger charge is -2.03. The molecule has 1 unspecified atom stereocenters. The minimum atomic E-state index is -0.723. The number of hydrogen-bond donors (Lipinski definition) is 1. The zero-order chi connectivity index (χ0) is 10.1. The number of fused-ring (bicyclic) bond motifs is 1. The zero-order valence-electron chi connectivity index (χ0n) is 7.66. The lowest BCUT2D eigenvalue weighted by atomic mass is 10.0. The Morgan fingerprint density at radius 3 is 2.93 bits per heavy atom. The summed E-state index contributed by atoms with van der Waals surface area (Å²) in [6, 6.07) is 5.82. The number of hydrogen-bond acceptors (Lipinski definition) is 1. The number of halogens is 1. The number of aliphatic carboxylic acids is 1. The molecule has 1 aliphatic rings. The van der Waals surface area contributed by atoms with E-state index in [9.17, 15) is 4.79 Å². The molecule has 0 spiro atoms. The van der Waals surface area contributed by atoms with E-state index in [1.807, 2.05) is 18.2 Å². The van der Waals surface area contributed by atoms with E-state index in [4.69, 9.17) is 16.7 Å². The van der Waals surface area contributed by atoms with Crippen LogP contribution in [0.3, 0.4) is 0 Å². The van der Waals surface area contributed by atoms with Gasteiger partial charge in [0.1, 0.15) is 0 Å². The van der Waals surface area contributed by atoms with Crippen LogP contribution in [0.4, 0.5) is 0 Å². The molecule has 1 N–H and O–H groups in total. The Balaban J connectivity index is 2.18. The van der Waals surface area contributed by atoms with Crippen LogP contribution in [0.1, 0.15) is 17.5 Å². The smallest absolute Gasteiger partial charge is 0.303 e. The Morgan fingerprint density at radius 2 is 2.29 bits per heavy atom. The molecule has 0 bridgehead atoms. The molecule has 0 fully saturated rings. The summed E-state index contributed by atoms with van der Waals surface area (Å²) in [5.41, 5.74) is 2.35. The van der Waals surface area contributed by atoms with E-state index < -0.39 is 5.97 Å². The summed E-state index contributed by atoms with van der Waals surface area (Å²) in [5, 5.41) is 9.46. The van der Waals surface area contributed by atoms with Gasteiger partial charge in [0.2, 0.25) is 0 Å². The molecule has 1 aliphatic carbocycles. The molecule has 0 aromatic heterocycles. The van der Waals surface area contributed by atoms with Gasteiger partial charge in [-0.2, -0.15) is 0 Å². The first kappa shape index (κ1) is 9.53. The van der Waals surface area contributed by atoms with Crippen molar-refractivity contribution in [3.8, 4) is 0 Å². The average molecular weight is 211 g/mol. The summed E-state index contributed by atoms with van der Waals surface area (Å²) in [7, 11) is 0. The van der Waals surface area contributed by atoms with Crippen molar-refractivity contribution in [3.63, 3.8) is 0 Å². The molecular formula is C11H11ClO2. The van der Waals surface area contributed by atoms with Crippen LogP contribution in [0.15, 0.2) is 18.2 Å². The maximum absolute atomic E-state index is 10.6. The summed E-state index contributed by atoms with van der Waals surface area (Å²) in [4.78, 5) is 10.6. The average Bonchev–Trinajstić information content (AvgIpc) is 2.47. The minimum Gasteiger partial charge on any atom is -0.481 e. The molecule has 0 heterocycles. The van der Waals surface area contributed by atoms with Crippen molar-refractivity contribution in [3.05, 3.63) is 34.3 Å². The van der Waals surface area contributed by atoms with Gasteiger partial charge in [0.05, 0.1) is 0 Å². The Morgan fingerprint density at radius 1 is 1.50 bits per heavy atom. The van der Waals surface area contributed by atoms with Gasteiger partial charge >= 0.3 is 5.97 Å². The van der Waals surface area contributed by atoms with Crippen LogP contribution in [0.25, 0.3) is 0 Å². The summed E-state index contributed by atoms with van der Waals surface area (Å²) < 4.78 is 0. The number of carboxylic acid groups (broad SMARTS) is 1. The summed E-state index contributed by atoms with van der Waals surface area (Å²) in [5.74, 6) is -0.499. The normalized spacial score (nSPS) is 19.4. The first-order valence-corrected chi connectivity index (χ1v) is 5.02. The first-order valence-electron chi connectivity index (χ1n) is 4.65. The Labute approximate surface area is 87.5 Å². The summed E-state index contributed by atoms with van der Waals surface area (Å²) in [6.45, 7) is 0. The third-order valence-corrected chi connectivity index (χ3v) is 3.03. The molecule has 14 heavy (non-hydrogen) atoms. The minimum absolute atomic E-state index is 0.224. The van der Waals surface area contributed by atoms with Crippen molar-refractivity contribution in [1.29, 1.82) is 0 Å². The number of carbonyl (C=O) groups is 1.